The smallest absolute Gasteiger partial charge is 0.321 e. The number of methoxy groups -OCH3 is 1. The van der Waals surface area contributed by atoms with Gasteiger partial charge in [0.15, 0.2) is 17.5 Å². The lowest BCUT2D eigenvalue weighted by molar-refractivity contribution is -0.916. The van der Waals surface area contributed by atoms with Crippen molar-refractivity contribution < 1.29 is 24.0 Å². The number of carbonyl (C=O) groups is 2. The molecule has 0 aliphatic heterocycles. The summed E-state index contributed by atoms with van der Waals surface area (Å²) in [6, 6.07) is 14.1. The summed E-state index contributed by atoms with van der Waals surface area (Å²) in [4.78, 5) is 25.3. The molecule has 0 spiro atoms. The van der Waals surface area contributed by atoms with Crippen molar-refractivity contribution in [3.63, 3.8) is 0 Å². The number of carbonyl (C=O) groups excluding carboxylic acids is 2. The lowest BCUT2D eigenvalue weighted by Crippen LogP contribution is -3.09. The molecule has 0 bridgehead atoms. The van der Waals surface area contributed by atoms with Crippen LogP contribution in [0, 0.1) is 0 Å². The van der Waals surface area contributed by atoms with E-state index >= 15 is 0 Å². The summed E-state index contributed by atoms with van der Waals surface area (Å²) < 4.78 is 11.0. The fourth-order valence-electron chi connectivity index (χ4n) is 3.07. The van der Waals surface area contributed by atoms with E-state index in [2.05, 4.69) is 10.6 Å². The van der Waals surface area contributed by atoms with E-state index in [0.29, 0.717) is 24.7 Å². The molecule has 150 valence electrons. The van der Waals surface area contributed by atoms with Crippen LogP contribution in [0.5, 0.6) is 11.5 Å². The first-order valence-electron chi connectivity index (χ1n) is 9.19. The second kappa shape index (κ2) is 10.3. The summed E-state index contributed by atoms with van der Waals surface area (Å²) in [5.41, 5.74) is 1.82. The van der Waals surface area contributed by atoms with Crippen LogP contribution in [-0.2, 0) is 11.3 Å². The van der Waals surface area contributed by atoms with Crippen LogP contribution in [0.4, 0.5) is 4.79 Å². The first kappa shape index (κ1) is 21.2. The van der Waals surface area contributed by atoms with Crippen molar-refractivity contribution in [3.05, 3.63) is 59.7 Å². The minimum absolute atomic E-state index is 0.360. The molecule has 2 rings (SSSR count). The molecule has 0 saturated heterocycles. The van der Waals surface area contributed by atoms with Crippen molar-refractivity contribution >= 4 is 11.9 Å². The van der Waals surface area contributed by atoms with Crippen molar-refractivity contribution in [2.75, 3.05) is 27.8 Å². The molecule has 0 heterocycles. The second-order valence-corrected chi connectivity index (χ2v) is 6.35. The van der Waals surface area contributed by atoms with Gasteiger partial charge in [-0.05, 0) is 25.1 Å². The van der Waals surface area contributed by atoms with E-state index in [1.165, 1.54) is 7.05 Å². The highest BCUT2D eigenvalue weighted by molar-refractivity contribution is 5.96. The predicted octanol–water partition coefficient (Wildman–Crippen LogP) is 1.31. The zero-order valence-corrected chi connectivity index (χ0v) is 16.7. The Bertz CT molecular complexity index is 795. The molecule has 7 heteroatoms. The number of rotatable bonds is 8. The maximum absolute atomic E-state index is 12.8. The molecule has 0 fully saturated rings. The summed E-state index contributed by atoms with van der Waals surface area (Å²) in [6.07, 6.45) is 0. The molecule has 2 aromatic rings. The molecule has 3 amide bonds. The van der Waals surface area contributed by atoms with E-state index < -0.39 is 12.1 Å². The van der Waals surface area contributed by atoms with E-state index in [1.807, 2.05) is 62.5 Å². The Hall–Kier alpha value is -3.06. The number of ether oxygens (including phenoxy) is 2. The average Bonchev–Trinajstić information content (AvgIpc) is 2.70. The van der Waals surface area contributed by atoms with E-state index in [4.69, 9.17) is 9.47 Å². The van der Waals surface area contributed by atoms with Gasteiger partial charge in [-0.2, -0.15) is 0 Å². The lowest BCUT2D eigenvalue weighted by Gasteiger charge is -2.24. The van der Waals surface area contributed by atoms with Crippen molar-refractivity contribution in [1.29, 1.82) is 0 Å². The minimum Gasteiger partial charge on any atom is -0.493 e. The van der Waals surface area contributed by atoms with Crippen molar-refractivity contribution in [2.45, 2.75) is 19.5 Å². The lowest BCUT2D eigenvalue weighted by atomic mass is 10.0. The zero-order chi connectivity index (χ0) is 20.5. The Balaban J connectivity index is 2.26. The van der Waals surface area contributed by atoms with Gasteiger partial charge in [-0.3, -0.25) is 10.1 Å². The summed E-state index contributed by atoms with van der Waals surface area (Å²) in [5.74, 6) is 0.975. The molecule has 28 heavy (non-hydrogen) atoms. The number of likely N-dealkylation sites (N-methyl/N-ethyl adjacent to an activating group) is 1. The predicted molar refractivity (Wildman–Crippen MR) is 107 cm³/mol. The molecule has 2 atom stereocenters. The number of benzene rings is 2. The molecule has 0 aliphatic rings. The van der Waals surface area contributed by atoms with Gasteiger partial charge in [0.2, 0.25) is 0 Å². The van der Waals surface area contributed by atoms with Crippen LogP contribution in [0.2, 0.25) is 0 Å². The fraction of sp³-hybridized carbons (Fsp3) is 0.333. The quantitative estimate of drug-likeness (QED) is 0.639. The Morgan fingerprint density at radius 3 is 2.43 bits per heavy atom. The number of amides is 3. The number of nitrogens with one attached hydrogen (secondary N) is 3. The van der Waals surface area contributed by atoms with E-state index in [1.54, 1.807) is 7.11 Å². The van der Waals surface area contributed by atoms with E-state index in [-0.39, 0.29) is 5.91 Å². The van der Waals surface area contributed by atoms with Gasteiger partial charge in [0.1, 0.15) is 6.54 Å². The normalized spacial score (nSPS) is 12.6. The topological polar surface area (TPSA) is 81.1 Å². The number of hydrogen-bond donors (Lipinski definition) is 3. The zero-order valence-electron chi connectivity index (χ0n) is 16.7. The van der Waals surface area contributed by atoms with Gasteiger partial charge in [0, 0.05) is 18.2 Å². The minimum atomic E-state index is -0.545. The van der Waals surface area contributed by atoms with Crippen LogP contribution >= 0.6 is 0 Å². The van der Waals surface area contributed by atoms with Gasteiger partial charge in [-0.15, -0.1) is 0 Å². The Morgan fingerprint density at radius 2 is 1.82 bits per heavy atom. The third-order valence-corrected chi connectivity index (χ3v) is 4.36. The average molecular weight is 386 g/mol. The molecule has 0 radical (unpaired) electrons. The van der Waals surface area contributed by atoms with Crippen molar-refractivity contribution in [3.8, 4) is 11.5 Å². The van der Waals surface area contributed by atoms with Crippen LogP contribution in [0.15, 0.2) is 48.5 Å². The Labute approximate surface area is 165 Å². The van der Waals surface area contributed by atoms with Crippen LogP contribution in [0.25, 0.3) is 0 Å². The van der Waals surface area contributed by atoms with Crippen LogP contribution in [-0.4, -0.2) is 39.8 Å². The highest BCUT2D eigenvalue weighted by Gasteiger charge is 2.30. The first-order chi connectivity index (χ1) is 13.5. The Morgan fingerprint density at radius 1 is 1.11 bits per heavy atom. The summed E-state index contributed by atoms with van der Waals surface area (Å²) in [6.45, 7) is 3.03. The molecular weight excluding hydrogens is 358 g/mol. The molecule has 0 aliphatic carbocycles. The standard InChI is InChI=1S/C21H27N3O4/c1-5-28-17-12-11-15(13-18(17)27-4)14-24(3)19(16-9-7-6-8-10-16)20(25)23-21(26)22-2/h6-13,19H,5,14H2,1-4H3,(H2,22,23,25,26)/p+1/t19-/m0/s1. The highest BCUT2D eigenvalue weighted by atomic mass is 16.5. The van der Waals surface area contributed by atoms with Crippen molar-refractivity contribution in [1.82, 2.24) is 10.6 Å². The SMILES string of the molecule is CCOc1ccc(C[NH+](C)[C@H](C(=O)NC(=O)NC)c2ccccc2)cc1OC. The maximum Gasteiger partial charge on any atom is 0.321 e. The largest absolute Gasteiger partial charge is 0.493 e. The van der Waals surface area contributed by atoms with Crippen molar-refractivity contribution in [2.24, 2.45) is 0 Å². The molecule has 7 nitrogen and oxygen atoms in total. The molecule has 3 N–H and O–H groups in total. The van der Waals surface area contributed by atoms with Crippen LogP contribution in [0.1, 0.15) is 24.1 Å². The number of hydrogen-bond acceptors (Lipinski definition) is 4. The monoisotopic (exact) mass is 386 g/mol. The van der Waals surface area contributed by atoms with Gasteiger partial charge in [-0.1, -0.05) is 30.3 Å². The van der Waals surface area contributed by atoms with Gasteiger partial charge in [0.05, 0.1) is 20.8 Å². The van der Waals surface area contributed by atoms with Gasteiger partial charge < -0.3 is 19.7 Å². The second-order valence-electron chi connectivity index (χ2n) is 6.35. The van der Waals surface area contributed by atoms with Gasteiger partial charge in [0.25, 0.3) is 5.91 Å². The molecule has 0 aromatic heterocycles. The van der Waals surface area contributed by atoms with Gasteiger partial charge >= 0.3 is 6.03 Å². The number of urea groups is 1. The summed E-state index contributed by atoms with van der Waals surface area (Å²) in [5, 5.41) is 4.80. The fourth-order valence-corrected chi connectivity index (χ4v) is 3.07. The molecular formula is C21H28N3O4+. The molecule has 0 saturated carbocycles. The molecule has 2 aromatic carbocycles. The third kappa shape index (κ3) is 5.47. The Kier molecular flexibility index (Phi) is 7.83. The molecule has 1 unspecified atom stereocenters. The first-order valence-corrected chi connectivity index (χ1v) is 9.19. The van der Waals surface area contributed by atoms with Gasteiger partial charge in [-0.25, -0.2) is 4.79 Å². The number of quaternary nitrogens is 1. The highest BCUT2D eigenvalue weighted by Crippen LogP contribution is 2.27. The van der Waals surface area contributed by atoms with E-state index in [9.17, 15) is 9.59 Å². The number of imide groups is 1. The maximum atomic E-state index is 12.8. The van der Waals surface area contributed by atoms with Crippen LogP contribution in [0.3, 0.4) is 0 Å². The third-order valence-electron chi connectivity index (χ3n) is 4.36. The van der Waals surface area contributed by atoms with Crippen LogP contribution < -0.4 is 25.0 Å². The summed E-state index contributed by atoms with van der Waals surface area (Å²) in [7, 11) is 4.99. The summed E-state index contributed by atoms with van der Waals surface area (Å²) >= 11 is 0. The van der Waals surface area contributed by atoms with E-state index in [0.717, 1.165) is 16.0 Å².